The van der Waals surface area contributed by atoms with Crippen molar-refractivity contribution in [2.45, 2.75) is 57.5 Å². The van der Waals surface area contributed by atoms with Crippen LogP contribution in [-0.2, 0) is 16.0 Å². The molecule has 1 aliphatic carbocycles. The van der Waals surface area contributed by atoms with Crippen LogP contribution in [0.3, 0.4) is 0 Å². The summed E-state index contributed by atoms with van der Waals surface area (Å²) in [6.07, 6.45) is 6.26. The third-order valence-corrected chi connectivity index (χ3v) is 6.92. The van der Waals surface area contributed by atoms with Crippen LogP contribution in [0, 0.1) is 11.7 Å². The molecule has 6 heteroatoms. The molecule has 2 aliphatic heterocycles. The van der Waals surface area contributed by atoms with Crippen LogP contribution in [0.25, 0.3) is 0 Å². The van der Waals surface area contributed by atoms with E-state index in [1.54, 1.807) is 24.0 Å². The van der Waals surface area contributed by atoms with Gasteiger partial charge in [-0.05, 0) is 55.7 Å². The fourth-order valence-electron chi connectivity index (χ4n) is 5.14. The summed E-state index contributed by atoms with van der Waals surface area (Å²) >= 11 is 0. The largest absolute Gasteiger partial charge is 0.340 e. The van der Waals surface area contributed by atoms with Gasteiger partial charge < -0.3 is 9.80 Å². The maximum Gasteiger partial charge on any atom is 0.245 e. The molecule has 2 saturated heterocycles. The molecule has 4 rings (SSSR count). The third-order valence-electron chi connectivity index (χ3n) is 6.92. The number of nitrogens with zero attached hydrogens (tertiary/aromatic N) is 3. The van der Waals surface area contributed by atoms with E-state index < -0.39 is 0 Å². The molecule has 0 bridgehead atoms. The molecule has 3 fully saturated rings. The average molecular weight is 402 g/mol. The van der Waals surface area contributed by atoms with Crippen molar-refractivity contribution in [1.29, 1.82) is 0 Å². The number of likely N-dealkylation sites (tertiary alicyclic amines) is 1. The van der Waals surface area contributed by atoms with Gasteiger partial charge in [-0.2, -0.15) is 0 Å². The minimum absolute atomic E-state index is 0.0454. The van der Waals surface area contributed by atoms with Gasteiger partial charge in [0.15, 0.2) is 0 Å². The molecule has 29 heavy (non-hydrogen) atoms. The number of carbonyl (C=O) groups is 2. The molecule has 5 nitrogen and oxygen atoms in total. The minimum atomic E-state index is -0.374. The summed E-state index contributed by atoms with van der Waals surface area (Å²) in [5.74, 6) is -0.00126. The first-order valence-electron chi connectivity index (χ1n) is 11.1. The molecule has 3 aliphatic rings. The van der Waals surface area contributed by atoms with Gasteiger partial charge in [0, 0.05) is 45.7 Å². The molecule has 1 aromatic carbocycles. The molecule has 2 heterocycles. The van der Waals surface area contributed by atoms with E-state index in [-0.39, 0.29) is 29.6 Å². The maximum atomic E-state index is 13.5. The van der Waals surface area contributed by atoms with Crippen LogP contribution in [0.5, 0.6) is 0 Å². The molecule has 2 atom stereocenters. The van der Waals surface area contributed by atoms with Gasteiger partial charge in [0.25, 0.3) is 0 Å². The lowest BCUT2D eigenvalue weighted by Gasteiger charge is -2.36. The summed E-state index contributed by atoms with van der Waals surface area (Å²) in [6.45, 7) is 5.66. The summed E-state index contributed by atoms with van der Waals surface area (Å²) < 4.78 is 13.5. The molecular weight excluding hydrogens is 369 g/mol. The van der Waals surface area contributed by atoms with Crippen molar-refractivity contribution in [2.24, 2.45) is 5.92 Å². The molecule has 158 valence electrons. The van der Waals surface area contributed by atoms with Gasteiger partial charge in [-0.15, -0.1) is 0 Å². The Morgan fingerprint density at radius 2 is 1.93 bits per heavy atom. The number of amides is 2. The summed E-state index contributed by atoms with van der Waals surface area (Å²) in [5.41, 5.74) is 0.928. The van der Waals surface area contributed by atoms with Gasteiger partial charge in [-0.25, -0.2) is 4.39 Å². The Balaban J connectivity index is 1.40. The molecule has 0 aromatic heterocycles. The van der Waals surface area contributed by atoms with E-state index in [9.17, 15) is 14.0 Å². The maximum absolute atomic E-state index is 13.5. The van der Waals surface area contributed by atoms with E-state index in [4.69, 9.17) is 0 Å². The predicted molar refractivity (Wildman–Crippen MR) is 110 cm³/mol. The van der Waals surface area contributed by atoms with Gasteiger partial charge in [-0.3, -0.25) is 14.5 Å². The van der Waals surface area contributed by atoms with Gasteiger partial charge in [0.1, 0.15) is 11.9 Å². The van der Waals surface area contributed by atoms with Crippen LogP contribution in [0.2, 0.25) is 0 Å². The Bertz CT molecular complexity index is 751. The number of carbonyl (C=O) groups excluding carboxylic acids is 2. The fourth-order valence-corrected chi connectivity index (χ4v) is 5.14. The second-order valence-electron chi connectivity index (χ2n) is 8.92. The van der Waals surface area contributed by atoms with Crippen molar-refractivity contribution in [3.05, 3.63) is 35.6 Å². The second-order valence-corrected chi connectivity index (χ2v) is 8.92. The fraction of sp³-hybridized carbons (Fsp3) is 0.652. The van der Waals surface area contributed by atoms with Crippen LogP contribution in [0.4, 0.5) is 4.39 Å². The highest BCUT2D eigenvalue weighted by Gasteiger charge is 2.40. The Kier molecular flexibility index (Phi) is 6.18. The number of hydrogen-bond acceptors (Lipinski definition) is 3. The molecule has 1 aromatic rings. The Hall–Kier alpha value is -1.95. The lowest BCUT2D eigenvalue weighted by Crippen LogP contribution is -2.48. The highest BCUT2D eigenvalue weighted by molar-refractivity contribution is 5.87. The highest BCUT2D eigenvalue weighted by atomic mass is 19.1. The second kappa shape index (κ2) is 8.82. The van der Waals surface area contributed by atoms with Crippen molar-refractivity contribution in [1.82, 2.24) is 14.7 Å². The number of benzene rings is 1. The first kappa shape index (κ1) is 20.3. The monoisotopic (exact) mass is 401 g/mol. The van der Waals surface area contributed by atoms with Crippen molar-refractivity contribution >= 4 is 11.8 Å². The van der Waals surface area contributed by atoms with E-state index in [1.165, 1.54) is 25.3 Å². The molecule has 1 unspecified atom stereocenters. The first-order valence-corrected chi connectivity index (χ1v) is 11.1. The van der Waals surface area contributed by atoms with Crippen LogP contribution >= 0.6 is 0 Å². The minimum Gasteiger partial charge on any atom is -0.340 e. The van der Waals surface area contributed by atoms with Crippen molar-refractivity contribution in [3.63, 3.8) is 0 Å². The zero-order valence-electron chi connectivity index (χ0n) is 17.4. The van der Waals surface area contributed by atoms with E-state index in [2.05, 4.69) is 4.90 Å². The van der Waals surface area contributed by atoms with Crippen molar-refractivity contribution in [2.75, 3.05) is 32.7 Å². The summed E-state index contributed by atoms with van der Waals surface area (Å²) in [6, 6.07) is 6.97. The summed E-state index contributed by atoms with van der Waals surface area (Å²) in [5, 5.41) is 0. The number of hydrogen-bond donors (Lipinski definition) is 0. The van der Waals surface area contributed by atoms with Crippen LogP contribution in [-0.4, -0.2) is 71.3 Å². The lowest BCUT2D eigenvalue weighted by molar-refractivity contribution is -0.142. The van der Waals surface area contributed by atoms with Crippen molar-refractivity contribution < 1.29 is 14.0 Å². The Morgan fingerprint density at radius 1 is 1.10 bits per heavy atom. The average Bonchev–Trinajstić information content (AvgIpc) is 2.91. The zero-order valence-corrected chi connectivity index (χ0v) is 17.4. The van der Waals surface area contributed by atoms with Crippen molar-refractivity contribution in [3.8, 4) is 0 Å². The molecule has 1 saturated carbocycles. The smallest absolute Gasteiger partial charge is 0.245 e. The van der Waals surface area contributed by atoms with Gasteiger partial charge in [0.2, 0.25) is 11.8 Å². The van der Waals surface area contributed by atoms with Gasteiger partial charge >= 0.3 is 0 Å². The van der Waals surface area contributed by atoms with E-state index in [0.29, 0.717) is 25.4 Å². The van der Waals surface area contributed by atoms with Crippen LogP contribution < -0.4 is 0 Å². The Morgan fingerprint density at radius 3 is 2.62 bits per heavy atom. The standard InChI is InChI=1S/C23H32FN3O2/c1-17(28)27-16-19(13-18-5-2-6-20(24)14-18)15-22(27)23(29)26-10-4-9-25(11-12-26)21-7-3-8-21/h2,5-6,14,19,21-22H,3-4,7-13,15-16H2,1H3/t19?,22-/m0/s1. The van der Waals surface area contributed by atoms with E-state index in [0.717, 1.165) is 38.2 Å². The van der Waals surface area contributed by atoms with E-state index in [1.807, 2.05) is 11.0 Å². The molecule has 2 amide bonds. The van der Waals surface area contributed by atoms with Crippen LogP contribution in [0.1, 0.15) is 44.6 Å². The summed E-state index contributed by atoms with van der Waals surface area (Å²) in [7, 11) is 0. The molecule has 0 spiro atoms. The Labute approximate surface area is 172 Å². The quantitative estimate of drug-likeness (QED) is 0.779. The van der Waals surface area contributed by atoms with Gasteiger partial charge in [-0.1, -0.05) is 18.6 Å². The zero-order chi connectivity index (χ0) is 20.4. The first-order chi connectivity index (χ1) is 14.0. The predicted octanol–water partition coefficient (Wildman–Crippen LogP) is 2.69. The van der Waals surface area contributed by atoms with E-state index >= 15 is 0 Å². The summed E-state index contributed by atoms with van der Waals surface area (Å²) in [4.78, 5) is 31.8. The lowest BCUT2D eigenvalue weighted by atomic mass is 9.91. The number of halogens is 1. The van der Waals surface area contributed by atoms with Gasteiger partial charge in [0.05, 0.1) is 0 Å². The van der Waals surface area contributed by atoms with Crippen LogP contribution in [0.15, 0.2) is 24.3 Å². The topological polar surface area (TPSA) is 43.9 Å². The molecular formula is C23H32FN3O2. The highest BCUT2D eigenvalue weighted by Crippen LogP contribution is 2.29. The number of rotatable bonds is 4. The SMILES string of the molecule is CC(=O)N1CC(Cc2cccc(F)c2)C[C@H]1C(=O)N1CCCN(C2CCC2)CC1. The third kappa shape index (κ3) is 4.63. The normalized spacial score (nSPS) is 26.3. The molecule has 0 radical (unpaired) electrons. The molecule has 0 N–H and O–H groups in total.